The second-order valence-electron chi connectivity index (χ2n) is 7.55. The number of benzene rings is 1. The van der Waals surface area contributed by atoms with Gasteiger partial charge in [0.05, 0.1) is 0 Å². The number of piperidine rings is 1. The SMILES string of the molecule is Cc1ccc(C2CCCN(C(=O)c3ccnc(N4CCCC4=O)c3)C2)cc1. The van der Waals surface area contributed by atoms with E-state index >= 15 is 0 Å². The van der Waals surface area contributed by atoms with E-state index in [4.69, 9.17) is 0 Å². The minimum Gasteiger partial charge on any atom is -0.338 e. The summed E-state index contributed by atoms with van der Waals surface area (Å²) in [6.07, 6.45) is 5.16. The summed E-state index contributed by atoms with van der Waals surface area (Å²) in [5.74, 6) is 1.09. The molecule has 5 heteroatoms. The van der Waals surface area contributed by atoms with Crippen LogP contribution in [0.3, 0.4) is 0 Å². The number of anilines is 1. The molecule has 5 nitrogen and oxygen atoms in total. The Bertz CT molecular complexity index is 847. The Kier molecular flexibility index (Phi) is 4.92. The van der Waals surface area contributed by atoms with E-state index in [0.29, 0.717) is 30.3 Å². The third-order valence-electron chi connectivity index (χ3n) is 5.60. The maximum Gasteiger partial charge on any atom is 0.254 e. The zero-order valence-corrected chi connectivity index (χ0v) is 15.7. The monoisotopic (exact) mass is 363 g/mol. The maximum absolute atomic E-state index is 13.1. The number of nitrogens with zero attached hydrogens (tertiary/aromatic N) is 3. The number of carbonyl (C=O) groups excluding carboxylic acids is 2. The number of amides is 2. The summed E-state index contributed by atoms with van der Waals surface area (Å²) in [6, 6.07) is 12.1. The summed E-state index contributed by atoms with van der Waals surface area (Å²) >= 11 is 0. The molecule has 140 valence electrons. The molecule has 0 N–H and O–H groups in total. The van der Waals surface area contributed by atoms with Gasteiger partial charge in [0.25, 0.3) is 5.91 Å². The molecule has 0 aliphatic carbocycles. The van der Waals surface area contributed by atoms with Crippen molar-refractivity contribution >= 4 is 17.6 Å². The largest absolute Gasteiger partial charge is 0.338 e. The molecule has 0 radical (unpaired) electrons. The Balaban J connectivity index is 1.50. The fourth-order valence-corrected chi connectivity index (χ4v) is 4.04. The minimum absolute atomic E-state index is 0.0297. The lowest BCUT2D eigenvalue weighted by molar-refractivity contribution is -0.117. The van der Waals surface area contributed by atoms with E-state index in [9.17, 15) is 9.59 Å². The van der Waals surface area contributed by atoms with E-state index in [1.165, 1.54) is 11.1 Å². The summed E-state index contributed by atoms with van der Waals surface area (Å²) in [5.41, 5.74) is 3.17. The van der Waals surface area contributed by atoms with Crippen molar-refractivity contribution in [2.75, 3.05) is 24.5 Å². The first-order valence-corrected chi connectivity index (χ1v) is 9.74. The second-order valence-corrected chi connectivity index (χ2v) is 7.55. The molecule has 2 aromatic rings. The molecule has 0 spiro atoms. The number of carbonyl (C=O) groups is 2. The molecule has 2 aliphatic rings. The van der Waals surface area contributed by atoms with Gasteiger partial charge in [-0.15, -0.1) is 0 Å². The number of likely N-dealkylation sites (tertiary alicyclic amines) is 1. The molecule has 2 amide bonds. The van der Waals surface area contributed by atoms with E-state index < -0.39 is 0 Å². The van der Waals surface area contributed by atoms with Gasteiger partial charge in [-0.2, -0.15) is 0 Å². The van der Waals surface area contributed by atoms with Crippen LogP contribution < -0.4 is 4.90 Å². The van der Waals surface area contributed by atoms with Crippen molar-refractivity contribution in [1.29, 1.82) is 0 Å². The van der Waals surface area contributed by atoms with Crippen molar-refractivity contribution in [2.24, 2.45) is 0 Å². The van der Waals surface area contributed by atoms with E-state index in [2.05, 4.69) is 36.2 Å². The smallest absolute Gasteiger partial charge is 0.254 e. The number of aryl methyl sites for hydroxylation is 1. The van der Waals surface area contributed by atoms with E-state index in [1.54, 1.807) is 23.2 Å². The number of aromatic nitrogens is 1. The van der Waals surface area contributed by atoms with E-state index in [1.807, 2.05) is 4.90 Å². The van der Waals surface area contributed by atoms with Gasteiger partial charge in [0.1, 0.15) is 5.82 Å². The van der Waals surface area contributed by atoms with Gasteiger partial charge in [-0.1, -0.05) is 29.8 Å². The zero-order valence-electron chi connectivity index (χ0n) is 15.7. The van der Waals surface area contributed by atoms with Crippen LogP contribution in [0.2, 0.25) is 0 Å². The number of hydrogen-bond acceptors (Lipinski definition) is 3. The fraction of sp³-hybridized carbons (Fsp3) is 0.409. The Morgan fingerprint density at radius 2 is 1.93 bits per heavy atom. The molecular weight excluding hydrogens is 338 g/mol. The summed E-state index contributed by atoms with van der Waals surface area (Å²) in [5, 5.41) is 0. The van der Waals surface area contributed by atoms with Crippen LogP contribution in [-0.2, 0) is 4.79 Å². The van der Waals surface area contributed by atoms with E-state index in [0.717, 1.165) is 32.4 Å². The summed E-state index contributed by atoms with van der Waals surface area (Å²) in [6.45, 7) is 4.29. The molecule has 0 saturated carbocycles. The highest BCUT2D eigenvalue weighted by molar-refractivity contribution is 5.98. The number of hydrogen-bond donors (Lipinski definition) is 0. The highest BCUT2D eigenvalue weighted by atomic mass is 16.2. The van der Waals surface area contributed by atoms with Crippen molar-refractivity contribution < 1.29 is 9.59 Å². The van der Waals surface area contributed by atoms with E-state index in [-0.39, 0.29) is 11.8 Å². The molecule has 27 heavy (non-hydrogen) atoms. The van der Waals surface area contributed by atoms with Gasteiger partial charge < -0.3 is 4.90 Å². The van der Waals surface area contributed by atoms with Crippen molar-refractivity contribution in [3.05, 3.63) is 59.3 Å². The van der Waals surface area contributed by atoms with Gasteiger partial charge in [0.15, 0.2) is 0 Å². The molecule has 2 fully saturated rings. The molecule has 0 bridgehead atoms. The van der Waals surface area contributed by atoms with Crippen molar-refractivity contribution in [3.8, 4) is 0 Å². The Morgan fingerprint density at radius 3 is 2.67 bits per heavy atom. The Hall–Kier alpha value is -2.69. The van der Waals surface area contributed by atoms with Crippen molar-refractivity contribution in [3.63, 3.8) is 0 Å². The Labute approximate surface area is 160 Å². The first-order chi connectivity index (χ1) is 13.1. The van der Waals surface area contributed by atoms with Crippen molar-refractivity contribution in [2.45, 2.75) is 38.5 Å². The predicted octanol–water partition coefficient (Wildman–Crippen LogP) is 3.54. The minimum atomic E-state index is 0.0297. The van der Waals surface area contributed by atoms with Crippen LogP contribution in [0.25, 0.3) is 0 Å². The average Bonchev–Trinajstić information content (AvgIpc) is 3.14. The highest BCUT2D eigenvalue weighted by Gasteiger charge is 2.27. The van der Waals surface area contributed by atoms with Gasteiger partial charge in [-0.3, -0.25) is 14.5 Å². The van der Waals surface area contributed by atoms with Crippen LogP contribution >= 0.6 is 0 Å². The van der Waals surface area contributed by atoms with Crippen LogP contribution in [-0.4, -0.2) is 41.3 Å². The van der Waals surface area contributed by atoms with Gasteiger partial charge in [0, 0.05) is 43.7 Å². The van der Waals surface area contributed by atoms with Crippen LogP contribution in [0.1, 0.15) is 53.1 Å². The third-order valence-corrected chi connectivity index (χ3v) is 5.60. The van der Waals surface area contributed by atoms with Gasteiger partial charge in [0.2, 0.25) is 5.91 Å². The second kappa shape index (κ2) is 7.51. The van der Waals surface area contributed by atoms with Crippen molar-refractivity contribution in [1.82, 2.24) is 9.88 Å². The molecule has 1 aromatic carbocycles. The molecule has 1 unspecified atom stereocenters. The van der Waals surface area contributed by atoms with Crippen LogP contribution in [0.4, 0.5) is 5.82 Å². The summed E-state index contributed by atoms with van der Waals surface area (Å²) in [4.78, 5) is 33.0. The first kappa shape index (κ1) is 17.7. The fourth-order valence-electron chi connectivity index (χ4n) is 4.04. The molecule has 2 saturated heterocycles. The topological polar surface area (TPSA) is 53.5 Å². The van der Waals surface area contributed by atoms with Gasteiger partial charge >= 0.3 is 0 Å². The maximum atomic E-state index is 13.1. The lowest BCUT2D eigenvalue weighted by Crippen LogP contribution is -2.39. The normalized spacial score (nSPS) is 20.2. The third kappa shape index (κ3) is 3.72. The van der Waals surface area contributed by atoms with Crippen LogP contribution in [0, 0.1) is 6.92 Å². The van der Waals surface area contributed by atoms with Crippen LogP contribution in [0.5, 0.6) is 0 Å². The molecule has 2 aliphatic heterocycles. The highest BCUT2D eigenvalue weighted by Crippen LogP contribution is 2.28. The quantitative estimate of drug-likeness (QED) is 0.838. The summed E-state index contributed by atoms with van der Waals surface area (Å²) < 4.78 is 0. The predicted molar refractivity (Wildman–Crippen MR) is 105 cm³/mol. The first-order valence-electron chi connectivity index (χ1n) is 9.74. The number of rotatable bonds is 3. The molecular formula is C22H25N3O2. The molecule has 4 rings (SSSR count). The zero-order chi connectivity index (χ0) is 18.8. The summed E-state index contributed by atoms with van der Waals surface area (Å²) in [7, 11) is 0. The standard InChI is InChI=1S/C22H25N3O2/c1-16-6-8-17(9-7-16)19-4-2-12-24(15-19)22(27)18-10-11-23-20(14-18)25-13-3-5-21(25)26/h6-11,14,19H,2-5,12-13,15H2,1H3. The number of pyridine rings is 1. The van der Waals surface area contributed by atoms with Gasteiger partial charge in [-0.05, 0) is 43.9 Å². The average molecular weight is 363 g/mol. The molecule has 1 atom stereocenters. The molecule has 1 aromatic heterocycles. The lowest BCUT2D eigenvalue weighted by atomic mass is 9.90. The Morgan fingerprint density at radius 1 is 1.11 bits per heavy atom. The lowest BCUT2D eigenvalue weighted by Gasteiger charge is -2.33. The molecule has 3 heterocycles. The van der Waals surface area contributed by atoms with Crippen LogP contribution in [0.15, 0.2) is 42.6 Å². The van der Waals surface area contributed by atoms with Gasteiger partial charge in [-0.25, -0.2) is 4.98 Å².